The van der Waals surface area contributed by atoms with Crippen LogP contribution in [0.3, 0.4) is 0 Å². The molecule has 0 saturated heterocycles. The molecule has 1 amide bonds. The first-order valence-corrected chi connectivity index (χ1v) is 9.46. The lowest BCUT2D eigenvalue weighted by atomic mass is 10.1. The summed E-state index contributed by atoms with van der Waals surface area (Å²) in [7, 11) is 0. The van der Waals surface area contributed by atoms with Crippen molar-refractivity contribution < 1.29 is 9.90 Å². The van der Waals surface area contributed by atoms with E-state index >= 15 is 0 Å². The van der Waals surface area contributed by atoms with E-state index in [0.717, 1.165) is 5.75 Å². The van der Waals surface area contributed by atoms with Crippen molar-refractivity contribution in [1.29, 1.82) is 0 Å². The molecule has 3 aromatic carbocycles. The highest BCUT2D eigenvalue weighted by molar-refractivity contribution is 7.99. The van der Waals surface area contributed by atoms with E-state index < -0.39 is 0 Å². The van der Waals surface area contributed by atoms with Gasteiger partial charge in [0.2, 0.25) is 5.91 Å². The van der Waals surface area contributed by atoms with E-state index in [0.29, 0.717) is 17.0 Å². The standard InChI is InChI=1S/C21H20N2O2S/c1-15(19-8-4-5-9-20(19)24)22-23-21(25)14-26-13-16-10-11-17-6-2-3-7-18(17)12-16/h2-12,24H,13-14H2,1H3,(H,23,25)/b22-15-. The van der Waals surface area contributed by atoms with E-state index in [9.17, 15) is 9.90 Å². The zero-order valence-corrected chi connectivity index (χ0v) is 15.3. The topological polar surface area (TPSA) is 61.7 Å². The summed E-state index contributed by atoms with van der Waals surface area (Å²) in [5, 5.41) is 16.3. The van der Waals surface area contributed by atoms with Gasteiger partial charge in [-0.05, 0) is 35.4 Å². The summed E-state index contributed by atoms with van der Waals surface area (Å²) in [4.78, 5) is 12.0. The number of hydrogen-bond donors (Lipinski definition) is 2. The Morgan fingerprint density at radius 1 is 1.04 bits per heavy atom. The van der Waals surface area contributed by atoms with Gasteiger partial charge in [0, 0.05) is 11.3 Å². The number of fused-ring (bicyclic) bond motifs is 1. The number of nitrogens with zero attached hydrogens (tertiary/aromatic N) is 1. The quantitative estimate of drug-likeness (QED) is 0.506. The zero-order valence-electron chi connectivity index (χ0n) is 14.5. The van der Waals surface area contributed by atoms with Crippen molar-refractivity contribution in [2.45, 2.75) is 12.7 Å². The van der Waals surface area contributed by atoms with Gasteiger partial charge in [0.05, 0.1) is 11.5 Å². The minimum absolute atomic E-state index is 0.147. The molecular formula is C21H20N2O2S. The van der Waals surface area contributed by atoms with Crippen LogP contribution in [0.25, 0.3) is 10.8 Å². The van der Waals surface area contributed by atoms with E-state index in [4.69, 9.17) is 0 Å². The fraction of sp³-hybridized carbons (Fsp3) is 0.143. The van der Waals surface area contributed by atoms with Crippen molar-refractivity contribution in [3.8, 4) is 5.75 Å². The highest BCUT2D eigenvalue weighted by Gasteiger charge is 2.05. The maximum atomic E-state index is 12.0. The fourth-order valence-electron chi connectivity index (χ4n) is 2.61. The molecular weight excluding hydrogens is 344 g/mol. The van der Waals surface area contributed by atoms with Gasteiger partial charge in [-0.3, -0.25) is 4.79 Å². The third-order valence-corrected chi connectivity index (χ3v) is 4.96. The van der Waals surface area contributed by atoms with Gasteiger partial charge >= 0.3 is 0 Å². The average molecular weight is 364 g/mol. The van der Waals surface area contributed by atoms with Crippen molar-refractivity contribution in [1.82, 2.24) is 5.43 Å². The number of hydrazone groups is 1. The van der Waals surface area contributed by atoms with Gasteiger partial charge in [0.1, 0.15) is 5.75 Å². The molecule has 0 aliphatic rings. The third-order valence-electron chi connectivity index (χ3n) is 3.96. The van der Waals surface area contributed by atoms with Gasteiger partial charge < -0.3 is 5.11 Å². The number of hydrogen-bond acceptors (Lipinski definition) is 4. The van der Waals surface area contributed by atoms with Crippen LogP contribution in [0.5, 0.6) is 5.75 Å². The van der Waals surface area contributed by atoms with Gasteiger partial charge in [-0.2, -0.15) is 5.10 Å². The summed E-state index contributed by atoms with van der Waals surface area (Å²) in [6, 6.07) is 21.5. The molecule has 0 heterocycles. The third kappa shape index (κ3) is 4.64. The molecule has 0 bridgehead atoms. The fourth-order valence-corrected chi connectivity index (χ4v) is 3.38. The predicted octanol–water partition coefficient (Wildman–Crippen LogP) is 4.32. The number of thioether (sulfide) groups is 1. The second-order valence-electron chi connectivity index (χ2n) is 5.92. The minimum Gasteiger partial charge on any atom is -0.507 e. The molecule has 3 rings (SSSR count). The first-order valence-electron chi connectivity index (χ1n) is 8.30. The van der Waals surface area contributed by atoms with Crippen LogP contribution in [0.4, 0.5) is 0 Å². The molecule has 0 fully saturated rings. The van der Waals surface area contributed by atoms with Crippen molar-refractivity contribution in [3.05, 3.63) is 77.9 Å². The first kappa shape index (κ1) is 18.0. The highest BCUT2D eigenvalue weighted by Crippen LogP contribution is 2.19. The lowest BCUT2D eigenvalue weighted by Gasteiger charge is -2.05. The summed E-state index contributed by atoms with van der Waals surface area (Å²) >= 11 is 1.54. The number of amides is 1. The van der Waals surface area contributed by atoms with Crippen LogP contribution in [0.2, 0.25) is 0 Å². The Balaban J connectivity index is 1.50. The van der Waals surface area contributed by atoms with Crippen LogP contribution in [-0.2, 0) is 10.5 Å². The lowest BCUT2D eigenvalue weighted by molar-refractivity contribution is -0.118. The molecule has 26 heavy (non-hydrogen) atoms. The zero-order chi connectivity index (χ0) is 18.4. The number of phenols is 1. The molecule has 0 spiro atoms. The van der Waals surface area contributed by atoms with Crippen molar-refractivity contribution in [3.63, 3.8) is 0 Å². The second kappa shape index (κ2) is 8.54. The van der Waals surface area contributed by atoms with Gasteiger partial charge in [0.15, 0.2) is 0 Å². The van der Waals surface area contributed by atoms with Crippen LogP contribution < -0.4 is 5.43 Å². The summed E-state index contributed by atoms with van der Waals surface area (Å²) in [5.74, 6) is 1.07. The van der Waals surface area contributed by atoms with Crippen LogP contribution in [0.15, 0.2) is 71.8 Å². The highest BCUT2D eigenvalue weighted by atomic mass is 32.2. The number of aromatic hydroxyl groups is 1. The summed E-state index contributed by atoms with van der Waals surface area (Å²) in [6.45, 7) is 1.75. The van der Waals surface area contributed by atoms with Gasteiger partial charge in [-0.25, -0.2) is 5.43 Å². The van der Waals surface area contributed by atoms with Gasteiger partial charge in [-0.15, -0.1) is 11.8 Å². The maximum absolute atomic E-state index is 12.0. The molecule has 0 radical (unpaired) electrons. The Hall–Kier alpha value is -2.79. The van der Waals surface area contributed by atoms with E-state index in [1.807, 2.05) is 18.2 Å². The second-order valence-corrected chi connectivity index (χ2v) is 6.91. The monoisotopic (exact) mass is 364 g/mol. The summed E-state index contributed by atoms with van der Waals surface area (Å²) in [6.07, 6.45) is 0. The Bertz CT molecular complexity index is 953. The maximum Gasteiger partial charge on any atom is 0.250 e. The Kier molecular flexibility index (Phi) is 5.92. The molecule has 2 N–H and O–H groups in total. The number of para-hydroxylation sites is 1. The van der Waals surface area contributed by atoms with Gasteiger partial charge in [0.25, 0.3) is 0 Å². The van der Waals surface area contributed by atoms with Crippen molar-refractivity contribution >= 4 is 34.2 Å². The number of benzene rings is 3. The van der Waals surface area contributed by atoms with Crippen LogP contribution in [0.1, 0.15) is 18.1 Å². The number of rotatable bonds is 6. The van der Waals surface area contributed by atoms with E-state index in [1.54, 1.807) is 36.9 Å². The minimum atomic E-state index is -0.162. The SMILES string of the molecule is C/C(=N/NC(=O)CSCc1ccc2ccccc2c1)c1ccccc1O. The molecule has 0 aromatic heterocycles. The Morgan fingerprint density at radius 3 is 2.58 bits per heavy atom. The molecule has 132 valence electrons. The predicted molar refractivity (Wildman–Crippen MR) is 109 cm³/mol. The van der Waals surface area contributed by atoms with E-state index in [1.165, 1.54) is 16.3 Å². The molecule has 0 unspecified atom stereocenters. The van der Waals surface area contributed by atoms with E-state index in [2.05, 4.69) is 40.9 Å². The van der Waals surface area contributed by atoms with E-state index in [-0.39, 0.29) is 11.7 Å². The largest absolute Gasteiger partial charge is 0.507 e. The number of carbonyl (C=O) groups is 1. The summed E-state index contributed by atoms with van der Waals surface area (Å²) in [5.41, 5.74) is 4.90. The smallest absolute Gasteiger partial charge is 0.250 e. The van der Waals surface area contributed by atoms with Crippen LogP contribution in [-0.4, -0.2) is 22.5 Å². The number of carbonyl (C=O) groups excluding carboxylic acids is 1. The molecule has 0 atom stereocenters. The van der Waals surface area contributed by atoms with Crippen LogP contribution >= 0.6 is 11.8 Å². The molecule has 3 aromatic rings. The Morgan fingerprint density at radius 2 is 1.77 bits per heavy atom. The van der Waals surface area contributed by atoms with Crippen molar-refractivity contribution in [2.75, 3.05) is 5.75 Å². The summed E-state index contributed by atoms with van der Waals surface area (Å²) < 4.78 is 0. The lowest BCUT2D eigenvalue weighted by Crippen LogP contribution is -2.21. The molecule has 0 saturated carbocycles. The molecule has 4 nitrogen and oxygen atoms in total. The molecule has 0 aliphatic carbocycles. The average Bonchev–Trinajstić information content (AvgIpc) is 2.66. The molecule has 0 aliphatic heterocycles. The van der Waals surface area contributed by atoms with Crippen molar-refractivity contribution in [2.24, 2.45) is 5.10 Å². The van der Waals surface area contributed by atoms with Crippen LogP contribution in [0, 0.1) is 0 Å². The molecule has 5 heteroatoms. The number of phenolic OH excluding ortho intramolecular Hbond substituents is 1. The normalized spacial score (nSPS) is 11.5. The Labute approximate surface area is 156 Å². The number of nitrogens with one attached hydrogen (secondary N) is 1. The van der Waals surface area contributed by atoms with Gasteiger partial charge in [-0.1, -0.05) is 54.6 Å². The first-order chi connectivity index (χ1) is 12.6.